The van der Waals surface area contributed by atoms with E-state index in [9.17, 15) is 4.79 Å². The Bertz CT molecular complexity index is 352. The summed E-state index contributed by atoms with van der Waals surface area (Å²) < 4.78 is 11.7. The van der Waals surface area contributed by atoms with Gasteiger partial charge in [-0.2, -0.15) is 0 Å². The molecule has 1 aliphatic heterocycles. The molecule has 0 radical (unpaired) electrons. The molecular weight excluding hydrogens is 257 g/mol. The predicted octanol–water partition coefficient (Wildman–Crippen LogP) is 2.95. The topological polar surface area (TPSA) is 59.0 Å². The Morgan fingerprint density at radius 3 is 2.25 bits per heavy atom. The zero-order chi connectivity index (χ0) is 15.4. The molecule has 0 aromatic carbocycles. The fourth-order valence-electron chi connectivity index (χ4n) is 1.88. The summed E-state index contributed by atoms with van der Waals surface area (Å²) in [6.07, 6.45) is 3.88. The molecule has 1 rings (SSSR count). The van der Waals surface area contributed by atoms with Gasteiger partial charge in [0.1, 0.15) is 0 Å². The molecule has 20 heavy (non-hydrogen) atoms. The van der Waals surface area contributed by atoms with Crippen LogP contribution in [0.3, 0.4) is 0 Å². The quantitative estimate of drug-likeness (QED) is 0.601. The van der Waals surface area contributed by atoms with Crippen LogP contribution < -0.4 is 0 Å². The average molecular weight is 283 g/mol. The van der Waals surface area contributed by atoms with Gasteiger partial charge >= 0.3 is 13.2 Å². The Morgan fingerprint density at radius 1 is 1.20 bits per heavy atom. The van der Waals surface area contributed by atoms with E-state index in [0.29, 0.717) is 6.54 Å². The van der Waals surface area contributed by atoms with Crippen LogP contribution in [0.5, 0.6) is 0 Å². The standard InChI is InChI=1S/C14H26BNO4/c1-13(2)14(3,4)20-15(19-13)10-8-6-7-9-11-16(5)12(17)18/h8,10H,6-7,9,11H2,1-5H3,(H,17,18)/b10-8+. The maximum absolute atomic E-state index is 10.6. The Kier molecular flexibility index (Phi) is 5.65. The molecule has 0 bridgehead atoms. The minimum atomic E-state index is -0.877. The zero-order valence-electron chi connectivity index (χ0n) is 13.2. The third-order valence-electron chi connectivity index (χ3n) is 4.01. The largest absolute Gasteiger partial charge is 0.486 e. The molecule has 114 valence electrons. The summed E-state index contributed by atoms with van der Waals surface area (Å²) >= 11 is 0. The van der Waals surface area contributed by atoms with Crippen LogP contribution in [0.1, 0.15) is 47.0 Å². The van der Waals surface area contributed by atoms with E-state index in [1.165, 1.54) is 4.90 Å². The Balaban J connectivity index is 2.22. The number of rotatable bonds is 6. The molecule has 0 saturated carbocycles. The highest BCUT2D eigenvalue weighted by Gasteiger charge is 2.49. The fourth-order valence-corrected chi connectivity index (χ4v) is 1.88. The van der Waals surface area contributed by atoms with Crippen molar-refractivity contribution in [2.75, 3.05) is 13.6 Å². The van der Waals surface area contributed by atoms with Crippen molar-refractivity contribution < 1.29 is 19.2 Å². The number of carboxylic acid groups (broad SMARTS) is 1. The molecule has 0 spiro atoms. The molecular formula is C14H26BNO4. The predicted molar refractivity (Wildman–Crippen MR) is 79.7 cm³/mol. The number of allylic oxidation sites excluding steroid dienone is 1. The zero-order valence-corrected chi connectivity index (χ0v) is 13.2. The third kappa shape index (κ3) is 4.53. The van der Waals surface area contributed by atoms with Crippen LogP contribution in [0.4, 0.5) is 4.79 Å². The first-order valence-corrected chi connectivity index (χ1v) is 7.12. The summed E-state index contributed by atoms with van der Waals surface area (Å²) in [5.74, 6) is 1.94. The van der Waals surface area contributed by atoms with E-state index >= 15 is 0 Å². The van der Waals surface area contributed by atoms with E-state index in [1.807, 2.05) is 39.7 Å². The van der Waals surface area contributed by atoms with Crippen molar-refractivity contribution in [2.24, 2.45) is 0 Å². The lowest BCUT2D eigenvalue weighted by Gasteiger charge is -2.32. The first kappa shape index (κ1) is 17.0. The van der Waals surface area contributed by atoms with Gasteiger partial charge in [-0.3, -0.25) is 0 Å². The smallest absolute Gasteiger partial charge is 0.465 e. The monoisotopic (exact) mass is 283 g/mol. The molecule has 0 unspecified atom stereocenters. The van der Waals surface area contributed by atoms with Gasteiger partial charge in [0.05, 0.1) is 11.2 Å². The van der Waals surface area contributed by atoms with Crippen molar-refractivity contribution in [3.63, 3.8) is 0 Å². The summed E-state index contributed by atoms with van der Waals surface area (Å²) in [6, 6.07) is 0. The van der Waals surface area contributed by atoms with Crippen molar-refractivity contribution in [1.82, 2.24) is 4.90 Å². The second kappa shape index (κ2) is 6.63. The molecule has 0 aliphatic carbocycles. The number of hydrogen-bond donors (Lipinski definition) is 1. The molecule has 1 heterocycles. The summed E-state index contributed by atoms with van der Waals surface area (Å²) in [5, 5.41) is 8.71. The van der Waals surface area contributed by atoms with E-state index < -0.39 is 6.09 Å². The first-order valence-electron chi connectivity index (χ1n) is 7.12. The number of hydrogen-bond acceptors (Lipinski definition) is 3. The average Bonchev–Trinajstić information content (AvgIpc) is 2.51. The van der Waals surface area contributed by atoms with Crippen LogP contribution >= 0.6 is 0 Å². The van der Waals surface area contributed by atoms with Crippen LogP contribution in [0.25, 0.3) is 0 Å². The summed E-state index contributed by atoms with van der Waals surface area (Å²) in [5.41, 5.74) is -0.599. The summed E-state index contributed by atoms with van der Waals surface area (Å²) in [6.45, 7) is 8.69. The van der Waals surface area contributed by atoms with Crippen molar-refractivity contribution in [3.8, 4) is 0 Å². The second-order valence-corrected chi connectivity index (χ2v) is 6.25. The van der Waals surface area contributed by atoms with E-state index in [1.54, 1.807) is 7.05 Å². The first-order chi connectivity index (χ1) is 9.16. The maximum atomic E-state index is 10.6. The van der Waals surface area contributed by atoms with Crippen LogP contribution in [0.2, 0.25) is 0 Å². The highest BCUT2D eigenvalue weighted by Crippen LogP contribution is 2.36. The molecule has 1 aliphatic rings. The van der Waals surface area contributed by atoms with Crippen molar-refractivity contribution >= 4 is 13.2 Å². The van der Waals surface area contributed by atoms with E-state index in [2.05, 4.69) is 0 Å². The fraction of sp³-hybridized carbons (Fsp3) is 0.786. The Hall–Kier alpha value is -1.01. The van der Waals surface area contributed by atoms with E-state index in [0.717, 1.165) is 19.3 Å². The minimum Gasteiger partial charge on any atom is -0.465 e. The molecule has 1 saturated heterocycles. The third-order valence-corrected chi connectivity index (χ3v) is 4.01. The molecule has 5 nitrogen and oxygen atoms in total. The second-order valence-electron chi connectivity index (χ2n) is 6.25. The number of amides is 1. The van der Waals surface area contributed by atoms with Crippen molar-refractivity contribution in [3.05, 3.63) is 12.1 Å². The van der Waals surface area contributed by atoms with Gasteiger partial charge in [0.2, 0.25) is 0 Å². The molecule has 1 N–H and O–H groups in total. The number of nitrogens with zero attached hydrogens (tertiary/aromatic N) is 1. The van der Waals surface area contributed by atoms with Crippen LogP contribution in [-0.2, 0) is 9.31 Å². The molecule has 0 aromatic rings. The lowest BCUT2D eigenvalue weighted by atomic mass is 9.89. The lowest BCUT2D eigenvalue weighted by Crippen LogP contribution is -2.41. The van der Waals surface area contributed by atoms with Crippen LogP contribution in [-0.4, -0.2) is 48.0 Å². The van der Waals surface area contributed by atoms with Crippen LogP contribution in [0, 0.1) is 0 Å². The van der Waals surface area contributed by atoms with Gasteiger partial charge in [-0.05, 0) is 47.0 Å². The van der Waals surface area contributed by atoms with Gasteiger partial charge in [-0.15, -0.1) is 0 Å². The molecule has 6 heteroatoms. The Labute approximate surface area is 122 Å². The lowest BCUT2D eigenvalue weighted by molar-refractivity contribution is 0.00578. The summed E-state index contributed by atoms with van der Waals surface area (Å²) in [4.78, 5) is 11.9. The van der Waals surface area contributed by atoms with Gasteiger partial charge < -0.3 is 19.3 Å². The van der Waals surface area contributed by atoms with Crippen molar-refractivity contribution in [1.29, 1.82) is 0 Å². The van der Waals surface area contributed by atoms with Gasteiger partial charge in [-0.25, -0.2) is 4.79 Å². The minimum absolute atomic E-state index is 0.290. The Morgan fingerprint density at radius 2 is 1.75 bits per heavy atom. The maximum Gasteiger partial charge on any atom is 0.486 e. The van der Waals surface area contributed by atoms with Gasteiger partial charge in [0, 0.05) is 13.6 Å². The highest BCUT2D eigenvalue weighted by atomic mass is 16.7. The molecule has 1 fully saturated rings. The molecule has 0 aromatic heterocycles. The van der Waals surface area contributed by atoms with Gasteiger partial charge in [0.15, 0.2) is 0 Å². The number of unbranched alkanes of at least 4 members (excludes halogenated alkanes) is 2. The highest BCUT2D eigenvalue weighted by molar-refractivity contribution is 6.51. The van der Waals surface area contributed by atoms with Crippen LogP contribution in [0.15, 0.2) is 12.1 Å². The van der Waals surface area contributed by atoms with E-state index in [-0.39, 0.29) is 18.3 Å². The number of carbonyl (C=O) groups is 1. The normalized spacial score (nSPS) is 20.6. The van der Waals surface area contributed by atoms with Crippen molar-refractivity contribution in [2.45, 2.75) is 58.2 Å². The van der Waals surface area contributed by atoms with Gasteiger partial charge in [0.25, 0.3) is 0 Å². The van der Waals surface area contributed by atoms with Gasteiger partial charge in [-0.1, -0.05) is 12.1 Å². The SMILES string of the molecule is CN(CCCC/C=C/B1OC(C)(C)C(C)(C)O1)C(=O)O. The van der Waals surface area contributed by atoms with E-state index in [4.69, 9.17) is 14.4 Å². The molecule has 0 atom stereocenters. The summed E-state index contributed by atoms with van der Waals surface area (Å²) in [7, 11) is 1.30. The molecule has 1 amide bonds.